The third kappa shape index (κ3) is 6.04. The summed E-state index contributed by atoms with van der Waals surface area (Å²) in [6.45, 7) is 0. The van der Waals surface area contributed by atoms with Crippen LogP contribution in [0.2, 0.25) is 0 Å². The van der Waals surface area contributed by atoms with Crippen LogP contribution in [0.25, 0.3) is 0 Å². The Morgan fingerprint density at radius 1 is 1.60 bits per heavy atom. The van der Waals surface area contributed by atoms with Crippen molar-refractivity contribution < 1.29 is 0 Å². The maximum absolute atomic E-state index is 5.02. The first-order chi connectivity index (χ1) is 4.81. The standard InChI is InChI=1S/C6H8Br2N2/c7-3-1-2-6(8)4-10-5-9/h1-2,4-5H,3H2,(H2,9,10)/b2-1+,6-4+. The number of aliphatic imine (C=N–C) groups is 1. The molecule has 0 rings (SSSR count). The third-order valence-electron chi connectivity index (χ3n) is 0.650. The van der Waals surface area contributed by atoms with Crippen molar-refractivity contribution in [2.45, 2.75) is 0 Å². The molecule has 2 nitrogen and oxygen atoms in total. The van der Waals surface area contributed by atoms with E-state index in [1.165, 1.54) is 6.34 Å². The topological polar surface area (TPSA) is 38.4 Å². The maximum atomic E-state index is 5.02. The minimum atomic E-state index is 0.836. The average molecular weight is 268 g/mol. The number of nitrogens with zero attached hydrogens (tertiary/aromatic N) is 1. The van der Waals surface area contributed by atoms with Crippen molar-refractivity contribution in [3.8, 4) is 0 Å². The van der Waals surface area contributed by atoms with Crippen LogP contribution in [0.1, 0.15) is 0 Å². The van der Waals surface area contributed by atoms with Crippen LogP contribution in [0.5, 0.6) is 0 Å². The molecule has 0 aromatic rings. The van der Waals surface area contributed by atoms with Gasteiger partial charge in [-0.1, -0.05) is 22.0 Å². The van der Waals surface area contributed by atoms with Gasteiger partial charge in [0, 0.05) is 16.0 Å². The third-order valence-corrected chi connectivity index (χ3v) is 1.49. The van der Waals surface area contributed by atoms with Crippen molar-refractivity contribution in [1.82, 2.24) is 0 Å². The van der Waals surface area contributed by atoms with Gasteiger partial charge in [0.15, 0.2) is 0 Å². The summed E-state index contributed by atoms with van der Waals surface area (Å²) in [6.07, 6.45) is 6.71. The monoisotopic (exact) mass is 266 g/mol. The highest BCUT2D eigenvalue weighted by atomic mass is 79.9. The molecule has 0 aliphatic rings. The molecule has 2 N–H and O–H groups in total. The lowest BCUT2D eigenvalue weighted by Crippen LogP contribution is -1.85. The van der Waals surface area contributed by atoms with E-state index < -0.39 is 0 Å². The summed E-state index contributed by atoms with van der Waals surface area (Å²) < 4.78 is 0.897. The molecule has 0 fully saturated rings. The lowest BCUT2D eigenvalue weighted by atomic mass is 10.5. The Kier molecular flexibility index (Phi) is 6.96. The van der Waals surface area contributed by atoms with Gasteiger partial charge >= 0.3 is 0 Å². The fraction of sp³-hybridized carbons (Fsp3) is 0.167. The molecule has 56 valence electrons. The van der Waals surface area contributed by atoms with Gasteiger partial charge in [-0.05, 0) is 22.0 Å². The van der Waals surface area contributed by atoms with Gasteiger partial charge in [0.2, 0.25) is 0 Å². The fourth-order valence-corrected chi connectivity index (χ4v) is 0.806. The van der Waals surface area contributed by atoms with Crippen molar-refractivity contribution in [3.05, 3.63) is 22.8 Å². The van der Waals surface area contributed by atoms with Crippen molar-refractivity contribution >= 4 is 38.2 Å². The largest absolute Gasteiger partial charge is 0.390 e. The molecule has 0 atom stereocenters. The van der Waals surface area contributed by atoms with E-state index in [2.05, 4.69) is 36.9 Å². The first-order valence-corrected chi connectivity index (χ1v) is 4.54. The van der Waals surface area contributed by atoms with Crippen molar-refractivity contribution in [2.75, 3.05) is 5.33 Å². The van der Waals surface area contributed by atoms with Crippen LogP contribution in [-0.2, 0) is 0 Å². The lowest BCUT2D eigenvalue weighted by molar-refractivity contribution is 1.54. The molecule has 0 radical (unpaired) electrons. The van der Waals surface area contributed by atoms with E-state index in [-0.39, 0.29) is 0 Å². The predicted molar refractivity (Wildman–Crippen MR) is 52.6 cm³/mol. The predicted octanol–water partition coefficient (Wildman–Crippen LogP) is 2.16. The Hall–Kier alpha value is -0.0900. The van der Waals surface area contributed by atoms with Gasteiger partial charge in [-0.3, -0.25) is 0 Å². The van der Waals surface area contributed by atoms with Crippen molar-refractivity contribution in [1.29, 1.82) is 0 Å². The molecule has 0 amide bonds. The molecule has 0 spiro atoms. The Bertz CT molecular complexity index is 161. The number of hydrogen-bond donors (Lipinski definition) is 1. The normalized spacial score (nSPS) is 13.6. The van der Waals surface area contributed by atoms with E-state index in [9.17, 15) is 0 Å². The van der Waals surface area contributed by atoms with Gasteiger partial charge in [0.25, 0.3) is 0 Å². The summed E-state index contributed by atoms with van der Waals surface area (Å²) in [6, 6.07) is 0. The highest BCUT2D eigenvalue weighted by Gasteiger charge is 1.78. The van der Waals surface area contributed by atoms with Gasteiger partial charge < -0.3 is 5.73 Å². The minimum absolute atomic E-state index is 0.836. The second-order valence-corrected chi connectivity index (χ2v) is 2.93. The second-order valence-electron chi connectivity index (χ2n) is 1.37. The van der Waals surface area contributed by atoms with Crippen LogP contribution in [0.15, 0.2) is 27.8 Å². The maximum Gasteiger partial charge on any atom is 0.0853 e. The summed E-state index contributed by atoms with van der Waals surface area (Å²) >= 11 is 6.51. The first kappa shape index (κ1) is 9.91. The van der Waals surface area contributed by atoms with E-state index in [1.807, 2.05) is 12.2 Å². The lowest BCUT2D eigenvalue weighted by Gasteiger charge is -1.82. The van der Waals surface area contributed by atoms with E-state index >= 15 is 0 Å². The average Bonchev–Trinajstić information content (AvgIpc) is 1.97. The molecule has 0 unspecified atom stereocenters. The van der Waals surface area contributed by atoms with E-state index in [0.717, 1.165) is 9.81 Å². The van der Waals surface area contributed by atoms with Gasteiger partial charge in [-0.2, -0.15) is 0 Å². The molecule has 0 aliphatic heterocycles. The highest BCUT2D eigenvalue weighted by molar-refractivity contribution is 9.11. The van der Waals surface area contributed by atoms with Gasteiger partial charge in [0.05, 0.1) is 6.34 Å². The van der Waals surface area contributed by atoms with Crippen molar-refractivity contribution in [2.24, 2.45) is 10.7 Å². The van der Waals surface area contributed by atoms with Crippen LogP contribution >= 0.6 is 31.9 Å². The summed E-state index contributed by atoms with van der Waals surface area (Å²) in [5, 5.41) is 0.836. The fourth-order valence-electron chi connectivity index (χ4n) is 0.314. The smallest absolute Gasteiger partial charge is 0.0853 e. The van der Waals surface area contributed by atoms with Crippen LogP contribution in [0.4, 0.5) is 0 Å². The van der Waals surface area contributed by atoms with Gasteiger partial charge in [-0.25, -0.2) is 4.99 Å². The van der Waals surface area contributed by atoms with E-state index in [1.54, 1.807) is 6.20 Å². The molecule has 0 heterocycles. The van der Waals surface area contributed by atoms with Crippen LogP contribution < -0.4 is 5.73 Å². The SMILES string of the molecule is N/C=N/C=C(Br)\C=C\CBr. The second kappa shape index (κ2) is 7.02. The van der Waals surface area contributed by atoms with Gasteiger partial charge in [-0.15, -0.1) is 0 Å². The molecule has 0 aliphatic carbocycles. The zero-order chi connectivity index (χ0) is 7.82. The Morgan fingerprint density at radius 3 is 2.80 bits per heavy atom. The number of alkyl halides is 1. The van der Waals surface area contributed by atoms with E-state index in [0.29, 0.717) is 0 Å². The molecular weight excluding hydrogens is 260 g/mol. The minimum Gasteiger partial charge on any atom is -0.390 e. The first-order valence-electron chi connectivity index (χ1n) is 2.62. The summed E-state index contributed by atoms with van der Waals surface area (Å²) in [5.74, 6) is 0. The Labute approximate surface area is 77.2 Å². The Morgan fingerprint density at radius 2 is 2.30 bits per heavy atom. The molecule has 0 aromatic heterocycles. The van der Waals surface area contributed by atoms with Gasteiger partial charge in [0.1, 0.15) is 0 Å². The zero-order valence-electron chi connectivity index (χ0n) is 5.30. The molecule has 0 saturated heterocycles. The molecular formula is C6H8Br2N2. The van der Waals surface area contributed by atoms with E-state index in [4.69, 9.17) is 5.73 Å². The number of halogens is 2. The molecule has 0 bridgehead atoms. The number of hydrogen-bond acceptors (Lipinski definition) is 1. The molecule has 4 heteroatoms. The molecule has 10 heavy (non-hydrogen) atoms. The zero-order valence-corrected chi connectivity index (χ0v) is 8.47. The summed E-state index contributed by atoms with van der Waals surface area (Å²) in [4.78, 5) is 3.70. The molecule has 0 saturated carbocycles. The van der Waals surface area contributed by atoms with Crippen LogP contribution in [0, 0.1) is 0 Å². The summed E-state index contributed by atoms with van der Waals surface area (Å²) in [5.41, 5.74) is 5.02. The summed E-state index contributed by atoms with van der Waals surface area (Å²) in [7, 11) is 0. The Balaban J connectivity index is 3.81. The van der Waals surface area contributed by atoms with Crippen LogP contribution in [-0.4, -0.2) is 11.7 Å². The highest BCUT2D eigenvalue weighted by Crippen LogP contribution is 2.06. The number of allylic oxidation sites excluding steroid dienone is 3. The molecule has 0 aromatic carbocycles. The quantitative estimate of drug-likeness (QED) is 0.362. The van der Waals surface area contributed by atoms with Crippen molar-refractivity contribution in [3.63, 3.8) is 0 Å². The van der Waals surface area contributed by atoms with Crippen LogP contribution in [0.3, 0.4) is 0 Å². The number of rotatable bonds is 3. The number of nitrogens with two attached hydrogens (primary N) is 1.